The zero-order valence-electron chi connectivity index (χ0n) is 14.4. The molecular weight excluding hydrogens is 356 g/mol. The van der Waals surface area contributed by atoms with Gasteiger partial charge >= 0.3 is 5.97 Å². The quantitative estimate of drug-likeness (QED) is 0.548. The fraction of sp³-hybridized carbons (Fsp3) is 0.278. The molecule has 0 bridgehead atoms. The van der Waals surface area contributed by atoms with Gasteiger partial charge in [0, 0.05) is 32.5 Å². The molecule has 0 spiro atoms. The van der Waals surface area contributed by atoms with Gasteiger partial charge in [0.15, 0.2) is 0 Å². The summed E-state index contributed by atoms with van der Waals surface area (Å²) in [4.78, 5) is 11.4. The van der Waals surface area contributed by atoms with E-state index in [1.165, 1.54) is 12.1 Å². The summed E-state index contributed by atoms with van der Waals surface area (Å²) in [7, 11) is -2.23. The van der Waals surface area contributed by atoms with Gasteiger partial charge in [-0.1, -0.05) is 30.3 Å². The third-order valence-electron chi connectivity index (χ3n) is 3.68. The molecule has 0 saturated carbocycles. The number of aromatic carboxylic acids is 1. The fourth-order valence-corrected chi connectivity index (χ4v) is 3.36. The van der Waals surface area contributed by atoms with Crippen molar-refractivity contribution < 1.29 is 23.1 Å². The number of hydrogen-bond donors (Lipinski definition) is 3. The largest absolute Gasteiger partial charge is 0.478 e. The van der Waals surface area contributed by atoms with Crippen molar-refractivity contribution >= 4 is 21.7 Å². The maximum atomic E-state index is 12.4. The Kier molecular flexibility index (Phi) is 7.14. The number of nitrogens with one attached hydrogen (secondary N) is 2. The molecule has 0 saturated heterocycles. The predicted molar refractivity (Wildman–Crippen MR) is 98.9 cm³/mol. The van der Waals surface area contributed by atoms with Gasteiger partial charge in [0.2, 0.25) is 10.0 Å². The lowest BCUT2D eigenvalue weighted by Crippen LogP contribution is -2.23. The highest BCUT2D eigenvalue weighted by molar-refractivity contribution is 7.89. The zero-order chi connectivity index (χ0) is 19.0. The molecule has 0 heterocycles. The van der Waals surface area contributed by atoms with Crippen LogP contribution < -0.4 is 10.0 Å². The van der Waals surface area contributed by atoms with Crippen LogP contribution in [-0.2, 0) is 21.3 Å². The van der Waals surface area contributed by atoms with Crippen LogP contribution in [0.2, 0.25) is 0 Å². The average molecular weight is 378 g/mol. The number of carboxylic acid groups (broad SMARTS) is 1. The molecule has 3 N–H and O–H groups in total. The maximum absolute atomic E-state index is 12.4. The molecule has 0 radical (unpaired) electrons. The summed E-state index contributed by atoms with van der Waals surface area (Å²) in [5.74, 6) is -1.20. The second-order valence-corrected chi connectivity index (χ2v) is 7.36. The van der Waals surface area contributed by atoms with Crippen molar-refractivity contribution in [1.29, 1.82) is 0 Å². The minimum Gasteiger partial charge on any atom is -0.478 e. The number of methoxy groups -OCH3 is 1. The molecule has 7 nitrogen and oxygen atoms in total. The van der Waals surface area contributed by atoms with Crippen LogP contribution in [-0.4, -0.2) is 39.8 Å². The van der Waals surface area contributed by atoms with Crippen LogP contribution in [0.1, 0.15) is 22.3 Å². The molecule has 0 aliphatic carbocycles. The minimum atomic E-state index is -3.82. The minimum absolute atomic E-state index is 0.0896. The van der Waals surface area contributed by atoms with Crippen LogP contribution in [0.4, 0.5) is 5.69 Å². The van der Waals surface area contributed by atoms with E-state index in [9.17, 15) is 18.3 Å². The number of benzene rings is 2. The normalized spacial score (nSPS) is 11.3. The molecule has 0 aliphatic heterocycles. The van der Waals surface area contributed by atoms with Crippen LogP contribution in [0.5, 0.6) is 0 Å². The van der Waals surface area contributed by atoms with Crippen LogP contribution in [0, 0.1) is 0 Å². The van der Waals surface area contributed by atoms with E-state index in [4.69, 9.17) is 4.74 Å². The number of sulfonamides is 1. The maximum Gasteiger partial charge on any atom is 0.337 e. The van der Waals surface area contributed by atoms with Crippen LogP contribution >= 0.6 is 0 Å². The Morgan fingerprint density at radius 2 is 1.88 bits per heavy atom. The van der Waals surface area contributed by atoms with Gasteiger partial charge in [-0.15, -0.1) is 0 Å². The Labute approximate surface area is 153 Å². The summed E-state index contributed by atoms with van der Waals surface area (Å²) in [5, 5.41) is 12.4. The van der Waals surface area contributed by atoms with Crippen molar-refractivity contribution in [2.75, 3.05) is 25.6 Å². The fourth-order valence-electron chi connectivity index (χ4n) is 2.32. The highest BCUT2D eigenvalue weighted by Gasteiger charge is 2.18. The van der Waals surface area contributed by atoms with Gasteiger partial charge in [0.1, 0.15) is 0 Å². The van der Waals surface area contributed by atoms with E-state index < -0.39 is 16.0 Å². The first-order valence-corrected chi connectivity index (χ1v) is 9.56. The third-order valence-corrected chi connectivity index (χ3v) is 5.08. The molecular formula is C18H22N2O5S. The molecule has 0 amide bonds. The van der Waals surface area contributed by atoms with Gasteiger partial charge < -0.3 is 15.2 Å². The molecule has 2 rings (SSSR count). The molecule has 0 aromatic heterocycles. The summed E-state index contributed by atoms with van der Waals surface area (Å²) in [6, 6.07) is 13.1. The number of anilines is 1. The summed E-state index contributed by atoms with van der Waals surface area (Å²) in [5.41, 5.74) is 1.09. The number of ether oxygens (including phenoxy) is 1. The van der Waals surface area contributed by atoms with E-state index in [2.05, 4.69) is 10.0 Å². The molecule has 140 valence electrons. The van der Waals surface area contributed by atoms with Gasteiger partial charge in [-0.25, -0.2) is 17.9 Å². The van der Waals surface area contributed by atoms with Gasteiger partial charge in [0.05, 0.1) is 10.5 Å². The lowest BCUT2D eigenvalue weighted by molar-refractivity contribution is 0.0697. The first-order valence-electron chi connectivity index (χ1n) is 8.08. The van der Waals surface area contributed by atoms with Crippen LogP contribution in [0.25, 0.3) is 0 Å². The van der Waals surface area contributed by atoms with E-state index >= 15 is 0 Å². The Morgan fingerprint density at radius 1 is 1.15 bits per heavy atom. The lowest BCUT2D eigenvalue weighted by Gasteiger charge is -2.12. The number of carbonyl (C=O) groups is 1. The second kappa shape index (κ2) is 9.33. The Hall–Kier alpha value is -2.42. The van der Waals surface area contributed by atoms with Gasteiger partial charge in [-0.3, -0.25) is 0 Å². The molecule has 2 aromatic carbocycles. The van der Waals surface area contributed by atoms with Crippen molar-refractivity contribution in [3.05, 3.63) is 59.7 Å². The molecule has 0 aliphatic rings. The summed E-state index contributed by atoms with van der Waals surface area (Å²) >= 11 is 0. The van der Waals surface area contributed by atoms with Crippen LogP contribution in [0.3, 0.4) is 0 Å². The van der Waals surface area contributed by atoms with Crippen molar-refractivity contribution in [2.24, 2.45) is 0 Å². The predicted octanol–water partition coefficient (Wildman–Crippen LogP) is 2.31. The number of carboxylic acids is 1. The average Bonchev–Trinajstić information content (AvgIpc) is 2.64. The van der Waals surface area contributed by atoms with E-state index in [-0.39, 0.29) is 17.0 Å². The molecule has 8 heteroatoms. The first kappa shape index (κ1) is 19.9. The molecule has 0 atom stereocenters. The Bertz CT molecular complexity index is 838. The molecule has 0 fully saturated rings. The second-order valence-electron chi connectivity index (χ2n) is 5.60. The number of hydrogen-bond acceptors (Lipinski definition) is 5. The summed E-state index contributed by atoms with van der Waals surface area (Å²) in [6.45, 7) is 1.19. The van der Waals surface area contributed by atoms with Crippen molar-refractivity contribution in [3.63, 3.8) is 0 Å². The monoisotopic (exact) mass is 378 g/mol. The van der Waals surface area contributed by atoms with Crippen molar-refractivity contribution in [3.8, 4) is 0 Å². The smallest absolute Gasteiger partial charge is 0.337 e. The van der Waals surface area contributed by atoms with E-state index in [0.29, 0.717) is 25.3 Å². The van der Waals surface area contributed by atoms with E-state index in [0.717, 1.165) is 11.6 Å². The SMILES string of the molecule is COCCCNc1ccc(S(=O)(=O)NCc2ccccc2)cc1C(=O)O. The number of rotatable bonds is 10. The van der Waals surface area contributed by atoms with Gasteiger partial charge in [0.25, 0.3) is 0 Å². The topological polar surface area (TPSA) is 105 Å². The standard InChI is InChI=1S/C18H22N2O5S/c1-25-11-5-10-19-17-9-8-15(12-16(17)18(21)22)26(23,24)20-13-14-6-3-2-4-7-14/h2-4,6-9,12,19-20H,5,10-11,13H2,1H3,(H,21,22). The van der Waals surface area contributed by atoms with Gasteiger partial charge in [-0.2, -0.15) is 0 Å². The van der Waals surface area contributed by atoms with E-state index in [1.54, 1.807) is 19.2 Å². The van der Waals surface area contributed by atoms with E-state index in [1.807, 2.05) is 18.2 Å². The van der Waals surface area contributed by atoms with Gasteiger partial charge in [-0.05, 0) is 30.2 Å². The molecule has 0 unspecified atom stereocenters. The lowest BCUT2D eigenvalue weighted by atomic mass is 10.2. The summed E-state index contributed by atoms with van der Waals surface area (Å²) in [6.07, 6.45) is 0.703. The highest BCUT2D eigenvalue weighted by atomic mass is 32.2. The Morgan fingerprint density at radius 3 is 2.54 bits per heavy atom. The van der Waals surface area contributed by atoms with Crippen molar-refractivity contribution in [1.82, 2.24) is 4.72 Å². The summed E-state index contributed by atoms with van der Waals surface area (Å²) < 4.78 is 32.3. The zero-order valence-corrected chi connectivity index (χ0v) is 15.3. The van der Waals surface area contributed by atoms with Crippen molar-refractivity contribution in [2.45, 2.75) is 17.9 Å². The van der Waals surface area contributed by atoms with Crippen LogP contribution in [0.15, 0.2) is 53.4 Å². The molecule has 26 heavy (non-hydrogen) atoms. The Balaban J connectivity index is 2.15. The third kappa shape index (κ3) is 5.55. The highest BCUT2D eigenvalue weighted by Crippen LogP contribution is 2.21. The molecule has 2 aromatic rings. The first-order chi connectivity index (χ1) is 12.4.